The third-order valence-electron chi connectivity index (χ3n) is 3.60. The normalized spacial score (nSPS) is 11.3. The van der Waals surface area contributed by atoms with Gasteiger partial charge in [0.15, 0.2) is 0 Å². The van der Waals surface area contributed by atoms with E-state index in [2.05, 4.69) is 29.4 Å². The monoisotopic (exact) mass is 387 g/mol. The number of carbonyl (C=O) groups excluding carboxylic acids is 1. The van der Waals surface area contributed by atoms with Crippen molar-refractivity contribution in [2.45, 2.75) is 40.2 Å². The third kappa shape index (κ3) is 4.71. The summed E-state index contributed by atoms with van der Waals surface area (Å²) in [6.07, 6.45) is 0.780. The Morgan fingerprint density at radius 3 is 2.70 bits per heavy atom. The van der Waals surface area contributed by atoms with Crippen molar-refractivity contribution < 1.29 is 13.9 Å². The molecule has 2 heterocycles. The Labute approximate surface area is 160 Å². The first-order chi connectivity index (χ1) is 12.8. The molecule has 0 fully saturated rings. The molecular formula is C19H21N3O4S. The van der Waals surface area contributed by atoms with E-state index in [1.165, 1.54) is 17.4 Å². The summed E-state index contributed by atoms with van der Waals surface area (Å²) in [6.45, 7) is 7.98. The minimum absolute atomic E-state index is 0.0157. The van der Waals surface area contributed by atoms with Crippen molar-refractivity contribution in [2.75, 3.05) is 5.32 Å². The summed E-state index contributed by atoms with van der Waals surface area (Å²) >= 11 is 1.33. The van der Waals surface area contributed by atoms with Gasteiger partial charge in [-0.05, 0) is 31.9 Å². The molecule has 3 aromatic rings. The lowest BCUT2D eigenvalue weighted by Gasteiger charge is -2.10. The number of rotatable bonds is 6. The predicted molar refractivity (Wildman–Crippen MR) is 105 cm³/mol. The van der Waals surface area contributed by atoms with E-state index in [0.29, 0.717) is 27.8 Å². The molecule has 1 amide bonds. The second-order valence-corrected chi connectivity index (χ2v) is 7.92. The van der Waals surface area contributed by atoms with Gasteiger partial charge in [0, 0.05) is 23.9 Å². The average molecular weight is 387 g/mol. The quantitative estimate of drug-likeness (QED) is 0.645. The Balaban J connectivity index is 1.89. The molecule has 0 spiro atoms. The molecule has 142 valence electrons. The molecule has 0 saturated heterocycles. The zero-order valence-electron chi connectivity index (χ0n) is 15.6. The number of fused-ring (bicyclic) bond motifs is 1. The maximum Gasteiger partial charge on any atom is 0.337 e. The molecule has 8 heteroatoms. The summed E-state index contributed by atoms with van der Waals surface area (Å²) in [6, 6.07) is 6.23. The maximum atomic E-state index is 12.7. The Hall–Kier alpha value is -2.74. The molecule has 2 aromatic heterocycles. The Bertz CT molecular complexity index is 1020. The smallest absolute Gasteiger partial charge is 0.337 e. The summed E-state index contributed by atoms with van der Waals surface area (Å²) in [7, 11) is 0. The maximum absolute atomic E-state index is 12.7. The lowest BCUT2D eigenvalue weighted by atomic mass is 10.1. The SMILES string of the molecule is CC(C)Cc1nnc(NC(=O)c2cc(=O)oc3cc(OC(C)C)ccc23)s1. The van der Waals surface area contributed by atoms with Crippen LogP contribution in [0.3, 0.4) is 0 Å². The van der Waals surface area contributed by atoms with Gasteiger partial charge in [-0.1, -0.05) is 25.2 Å². The fraction of sp³-hybridized carbons (Fsp3) is 0.368. The van der Waals surface area contributed by atoms with Crippen molar-refractivity contribution in [3.8, 4) is 5.75 Å². The molecular weight excluding hydrogens is 366 g/mol. The summed E-state index contributed by atoms with van der Waals surface area (Å²) in [4.78, 5) is 24.6. The highest BCUT2D eigenvalue weighted by molar-refractivity contribution is 7.15. The van der Waals surface area contributed by atoms with E-state index in [4.69, 9.17) is 9.15 Å². The Morgan fingerprint density at radius 2 is 2.00 bits per heavy atom. The van der Waals surface area contributed by atoms with Crippen molar-refractivity contribution in [3.63, 3.8) is 0 Å². The van der Waals surface area contributed by atoms with Crippen molar-refractivity contribution >= 4 is 33.3 Å². The molecule has 0 aliphatic heterocycles. The topological polar surface area (TPSA) is 94.3 Å². The molecule has 0 aliphatic carbocycles. The van der Waals surface area contributed by atoms with E-state index in [9.17, 15) is 9.59 Å². The number of aromatic nitrogens is 2. The van der Waals surface area contributed by atoms with Crippen LogP contribution in [0.15, 0.2) is 33.5 Å². The Kier molecular flexibility index (Phi) is 5.55. The van der Waals surface area contributed by atoms with Crippen LogP contribution in [0.5, 0.6) is 5.75 Å². The van der Waals surface area contributed by atoms with Gasteiger partial charge in [-0.15, -0.1) is 10.2 Å². The minimum Gasteiger partial charge on any atom is -0.491 e. The predicted octanol–water partition coefficient (Wildman–Crippen LogP) is 3.88. The van der Waals surface area contributed by atoms with Gasteiger partial charge >= 0.3 is 5.63 Å². The summed E-state index contributed by atoms with van der Waals surface area (Å²) in [5.41, 5.74) is -0.0892. The minimum atomic E-state index is -0.605. The van der Waals surface area contributed by atoms with Crippen LogP contribution in [0, 0.1) is 5.92 Å². The molecule has 0 saturated carbocycles. The number of hydrogen-bond acceptors (Lipinski definition) is 7. The van der Waals surface area contributed by atoms with Gasteiger partial charge in [0.1, 0.15) is 16.3 Å². The first kappa shape index (κ1) is 19.0. The van der Waals surface area contributed by atoms with Crippen molar-refractivity contribution in [2.24, 2.45) is 5.92 Å². The van der Waals surface area contributed by atoms with E-state index in [-0.39, 0.29) is 11.7 Å². The van der Waals surface area contributed by atoms with Gasteiger partial charge in [-0.3, -0.25) is 10.1 Å². The highest BCUT2D eigenvalue weighted by atomic mass is 32.1. The molecule has 0 atom stereocenters. The molecule has 3 rings (SSSR count). The van der Waals surface area contributed by atoms with Gasteiger partial charge < -0.3 is 9.15 Å². The van der Waals surface area contributed by atoms with Gasteiger partial charge in [0.2, 0.25) is 5.13 Å². The first-order valence-electron chi connectivity index (χ1n) is 8.70. The zero-order valence-corrected chi connectivity index (χ0v) is 16.4. The second kappa shape index (κ2) is 7.87. The molecule has 1 N–H and O–H groups in total. The number of amides is 1. The lowest BCUT2D eigenvalue weighted by Crippen LogP contribution is -2.15. The molecule has 0 unspecified atom stereocenters. The lowest BCUT2D eigenvalue weighted by molar-refractivity contribution is 0.102. The average Bonchev–Trinajstić information content (AvgIpc) is 2.99. The molecule has 27 heavy (non-hydrogen) atoms. The number of benzene rings is 1. The van der Waals surface area contributed by atoms with Gasteiger partial charge in [0.05, 0.1) is 11.7 Å². The molecule has 7 nitrogen and oxygen atoms in total. The van der Waals surface area contributed by atoms with Crippen LogP contribution >= 0.6 is 11.3 Å². The van der Waals surface area contributed by atoms with Gasteiger partial charge in [-0.2, -0.15) is 0 Å². The van der Waals surface area contributed by atoms with E-state index in [1.54, 1.807) is 18.2 Å². The number of ether oxygens (including phenoxy) is 1. The van der Waals surface area contributed by atoms with Crippen molar-refractivity contribution in [1.29, 1.82) is 0 Å². The Morgan fingerprint density at radius 1 is 1.22 bits per heavy atom. The van der Waals surface area contributed by atoms with Crippen LogP contribution in [0.2, 0.25) is 0 Å². The van der Waals surface area contributed by atoms with Crippen molar-refractivity contribution in [3.05, 3.63) is 45.3 Å². The van der Waals surface area contributed by atoms with Crippen molar-refractivity contribution in [1.82, 2.24) is 10.2 Å². The second-order valence-electron chi connectivity index (χ2n) is 6.86. The van der Waals surface area contributed by atoms with E-state index in [0.717, 1.165) is 11.4 Å². The summed E-state index contributed by atoms with van der Waals surface area (Å²) in [5, 5.41) is 12.6. The number of nitrogens with zero attached hydrogens (tertiary/aromatic N) is 2. The highest BCUT2D eigenvalue weighted by Crippen LogP contribution is 2.25. The molecule has 0 bridgehead atoms. The first-order valence-corrected chi connectivity index (χ1v) is 9.51. The standard InChI is InChI=1S/C19H21N3O4S/c1-10(2)7-16-21-22-19(27-16)20-18(24)14-9-17(23)26-15-8-12(25-11(3)4)5-6-13(14)15/h5-6,8-11H,7H2,1-4H3,(H,20,22,24). The number of anilines is 1. The summed E-state index contributed by atoms with van der Waals surface area (Å²) in [5.74, 6) is 0.588. The highest BCUT2D eigenvalue weighted by Gasteiger charge is 2.16. The van der Waals surface area contributed by atoms with E-state index >= 15 is 0 Å². The third-order valence-corrected chi connectivity index (χ3v) is 4.46. The number of carbonyl (C=O) groups is 1. The summed E-state index contributed by atoms with van der Waals surface area (Å²) < 4.78 is 10.8. The zero-order chi connectivity index (χ0) is 19.6. The van der Waals surface area contributed by atoms with Gasteiger partial charge in [0.25, 0.3) is 5.91 Å². The van der Waals surface area contributed by atoms with E-state index in [1.807, 2.05) is 13.8 Å². The van der Waals surface area contributed by atoms with Crippen LogP contribution in [-0.2, 0) is 6.42 Å². The number of nitrogens with one attached hydrogen (secondary N) is 1. The van der Waals surface area contributed by atoms with Crippen LogP contribution in [0.25, 0.3) is 11.0 Å². The van der Waals surface area contributed by atoms with Crippen LogP contribution in [-0.4, -0.2) is 22.2 Å². The molecule has 0 radical (unpaired) electrons. The largest absolute Gasteiger partial charge is 0.491 e. The van der Waals surface area contributed by atoms with Crippen LogP contribution in [0.1, 0.15) is 43.1 Å². The van der Waals surface area contributed by atoms with Crippen LogP contribution < -0.4 is 15.7 Å². The van der Waals surface area contributed by atoms with E-state index < -0.39 is 11.5 Å². The molecule has 1 aromatic carbocycles. The van der Waals surface area contributed by atoms with Gasteiger partial charge in [-0.25, -0.2) is 4.79 Å². The fourth-order valence-corrected chi connectivity index (χ4v) is 3.52. The fourth-order valence-electron chi connectivity index (χ4n) is 2.58. The van der Waals surface area contributed by atoms with Crippen LogP contribution in [0.4, 0.5) is 5.13 Å². The molecule has 0 aliphatic rings. The number of hydrogen-bond donors (Lipinski definition) is 1.